The quantitative estimate of drug-likeness (QED) is 0.557. The van der Waals surface area contributed by atoms with Crippen molar-refractivity contribution in [1.82, 2.24) is 5.32 Å². The van der Waals surface area contributed by atoms with Crippen LogP contribution >= 0.6 is 11.6 Å². The maximum Gasteiger partial charge on any atom is 0.335 e. The van der Waals surface area contributed by atoms with E-state index in [0.717, 1.165) is 28.4 Å². The highest BCUT2D eigenvalue weighted by molar-refractivity contribution is 6.32. The topological polar surface area (TPSA) is 73.0 Å². The SMILES string of the molecule is O=C1NC(=O)[C@@]2(Cc3ccccc3N3CCN(c4ccccc4)C[C@@H]32)C(=O)N1c1ccc(Cl)cc1. The van der Waals surface area contributed by atoms with Crippen LogP contribution in [0.3, 0.4) is 0 Å². The number of benzene rings is 3. The molecule has 3 heterocycles. The Labute approximate surface area is 207 Å². The van der Waals surface area contributed by atoms with Gasteiger partial charge in [-0.1, -0.05) is 48.0 Å². The summed E-state index contributed by atoms with van der Waals surface area (Å²) in [6, 6.07) is 23.2. The third-order valence-corrected chi connectivity index (χ3v) is 7.59. The number of hydrogen-bond donors (Lipinski definition) is 1. The van der Waals surface area contributed by atoms with Crippen LogP contribution in [-0.4, -0.2) is 43.5 Å². The summed E-state index contributed by atoms with van der Waals surface area (Å²) >= 11 is 6.04. The average molecular weight is 487 g/mol. The van der Waals surface area contributed by atoms with Gasteiger partial charge >= 0.3 is 6.03 Å². The molecule has 0 radical (unpaired) electrons. The average Bonchev–Trinajstić information content (AvgIpc) is 2.88. The first-order chi connectivity index (χ1) is 17.0. The predicted octanol–water partition coefficient (Wildman–Crippen LogP) is 3.86. The number of fused-ring (bicyclic) bond motifs is 4. The summed E-state index contributed by atoms with van der Waals surface area (Å²) in [6.45, 7) is 1.87. The second-order valence-electron chi connectivity index (χ2n) is 9.14. The first kappa shape index (κ1) is 21.7. The third kappa shape index (κ3) is 3.30. The molecule has 6 rings (SSSR count). The molecule has 7 nitrogen and oxygen atoms in total. The normalized spacial score (nSPS) is 23.7. The van der Waals surface area contributed by atoms with Crippen LogP contribution < -0.4 is 20.0 Å². The predicted molar refractivity (Wildman–Crippen MR) is 135 cm³/mol. The molecule has 0 aliphatic carbocycles. The molecule has 0 saturated carbocycles. The van der Waals surface area contributed by atoms with Gasteiger partial charge in [-0.15, -0.1) is 0 Å². The van der Waals surface area contributed by atoms with Gasteiger partial charge in [-0.05, 0) is 54.4 Å². The van der Waals surface area contributed by atoms with Crippen LogP contribution in [0.1, 0.15) is 5.56 Å². The fourth-order valence-corrected chi connectivity index (χ4v) is 5.78. The number of carbonyl (C=O) groups is 3. The maximum absolute atomic E-state index is 14.3. The zero-order valence-electron chi connectivity index (χ0n) is 18.9. The van der Waals surface area contributed by atoms with Crippen molar-refractivity contribution >= 4 is 46.5 Å². The maximum atomic E-state index is 14.3. The molecule has 0 aromatic heterocycles. The molecular weight excluding hydrogens is 464 g/mol. The summed E-state index contributed by atoms with van der Waals surface area (Å²) in [5.74, 6) is -1.05. The van der Waals surface area contributed by atoms with Crippen molar-refractivity contribution < 1.29 is 14.4 Å². The summed E-state index contributed by atoms with van der Waals surface area (Å²) in [6.07, 6.45) is 0.217. The molecule has 1 N–H and O–H groups in total. The van der Waals surface area contributed by atoms with E-state index in [1.807, 2.05) is 54.6 Å². The van der Waals surface area contributed by atoms with E-state index < -0.39 is 29.3 Å². The van der Waals surface area contributed by atoms with E-state index in [1.165, 1.54) is 0 Å². The monoisotopic (exact) mass is 486 g/mol. The highest BCUT2D eigenvalue weighted by Crippen LogP contribution is 2.46. The van der Waals surface area contributed by atoms with Gasteiger partial charge in [0.25, 0.3) is 5.91 Å². The van der Waals surface area contributed by atoms with E-state index in [-0.39, 0.29) is 6.42 Å². The van der Waals surface area contributed by atoms with Crippen molar-refractivity contribution in [2.45, 2.75) is 12.5 Å². The minimum Gasteiger partial charge on any atom is -0.368 e. The second kappa shape index (κ2) is 8.13. The Balaban J connectivity index is 1.48. The van der Waals surface area contributed by atoms with Crippen LogP contribution in [0.15, 0.2) is 78.9 Å². The summed E-state index contributed by atoms with van der Waals surface area (Å²) < 4.78 is 0. The van der Waals surface area contributed by atoms with E-state index in [2.05, 4.69) is 15.1 Å². The molecule has 8 heteroatoms. The Bertz CT molecular complexity index is 1330. The minimum atomic E-state index is -1.46. The van der Waals surface area contributed by atoms with E-state index in [1.54, 1.807) is 24.3 Å². The van der Waals surface area contributed by atoms with Gasteiger partial charge in [0.05, 0.1) is 11.7 Å². The Morgan fingerprint density at radius 2 is 1.54 bits per heavy atom. The lowest BCUT2D eigenvalue weighted by atomic mass is 9.67. The highest BCUT2D eigenvalue weighted by atomic mass is 35.5. The van der Waals surface area contributed by atoms with Gasteiger partial charge < -0.3 is 9.80 Å². The lowest BCUT2D eigenvalue weighted by molar-refractivity contribution is -0.144. The fraction of sp³-hybridized carbons (Fsp3) is 0.222. The number of piperazine rings is 1. The second-order valence-corrected chi connectivity index (χ2v) is 9.58. The molecule has 0 bridgehead atoms. The molecule has 2 fully saturated rings. The first-order valence-electron chi connectivity index (χ1n) is 11.6. The van der Waals surface area contributed by atoms with Crippen LogP contribution in [0, 0.1) is 5.41 Å². The Morgan fingerprint density at radius 1 is 0.829 bits per heavy atom. The number of hydrogen-bond acceptors (Lipinski definition) is 5. The van der Waals surface area contributed by atoms with Crippen molar-refractivity contribution in [3.63, 3.8) is 0 Å². The molecule has 3 aliphatic rings. The lowest BCUT2D eigenvalue weighted by Crippen LogP contribution is -2.75. The number of imide groups is 2. The van der Waals surface area contributed by atoms with Crippen LogP contribution in [0.2, 0.25) is 5.02 Å². The number of urea groups is 1. The zero-order valence-corrected chi connectivity index (χ0v) is 19.6. The van der Waals surface area contributed by atoms with Crippen molar-refractivity contribution in [3.05, 3.63) is 89.4 Å². The smallest absolute Gasteiger partial charge is 0.335 e. The highest BCUT2D eigenvalue weighted by Gasteiger charge is 2.63. The minimum absolute atomic E-state index is 0.217. The van der Waals surface area contributed by atoms with Gasteiger partial charge in [0.1, 0.15) is 0 Å². The molecule has 3 aliphatic heterocycles. The molecule has 3 aromatic carbocycles. The molecule has 2 saturated heterocycles. The molecule has 35 heavy (non-hydrogen) atoms. The van der Waals surface area contributed by atoms with Crippen molar-refractivity contribution in [2.75, 3.05) is 34.3 Å². The largest absolute Gasteiger partial charge is 0.368 e. The van der Waals surface area contributed by atoms with Crippen LogP contribution in [-0.2, 0) is 16.0 Å². The Hall–Kier alpha value is -3.84. The number of nitrogens with one attached hydrogen (secondary N) is 1. The number of para-hydroxylation sites is 2. The fourth-order valence-electron chi connectivity index (χ4n) is 5.65. The molecule has 0 unspecified atom stereocenters. The van der Waals surface area contributed by atoms with Gasteiger partial charge in [0.15, 0.2) is 5.41 Å². The lowest BCUT2D eigenvalue weighted by Gasteiger charge is -2.55. The van der Waals surface area contributed by atoms with Crippen molar-refractivity contribution in [2.24, 2.45) is 5.41 Å². The van der Waals surface area contributed by atoms with Crippen molar-refractivity contribution in [1.29, 1.82) is 0 Å². The summed E-state index contributed by atoms with van der Waals surface area (Å²) in [4.78, 5) is 46.4. The Morgan fingerprint density at radius 3 is 2.31 bits per heavy atom. The van der Waals surface area contributed by atoms with Crippen LogP contribution in [0.4, 0.5) is 21.9 Å². The number of amides is 4. The molecule has 3 aromatic rings. The number of anilines is 3. The van der Waals surface area contributed by atoms with Gasteiger partial charge in [0, 0.05) is 36.0 Å². The number of carbonyl (C=O) groups excluding carboxylic acids is 3. The molecule has 2 atom stereocenters. The summed E-state index contributed by atoms with van der Waals surface area (Å²) in [5, 5.41) is 2.99. The standard InChI is InChI=1S/C27H23ClN4O3/c28-19-10-12-21(13-11-19)32-25(34)27(24(33)29-26(32)35)16-18-6-4-5-9-22(18)31-15-14-30(17-23(27)31)20-7-2-1-3-8-20/h1-13,23H,14-17H2,(H,29,33,35)/t23-,27+/m1/s1. The van der Waals surface area contributed by atoms with E-state index in [0.29, 0.717) is 23.8 Å². The Kier molecular flexibility index (Phi) is 5.04. The summed E-state index contributed by atoms with van der Waals surface area (Å²) in [5.41, 5.74) is 1.91. The molecular formula is C27H23ClN4O3. The first-order valence-corrected chi connectivity index (χ1v) is 12.0. The number of halogens is 1. The van der Waals surface area contributed by atoms with Gasteiger partial charge in [0.2, 0.25) is 5.91 Å². The number of barbiturate groups is 1. The van der Waals surface area contributed by atoms with Gasteiger partial charge in [-0.25, -0.2) is 9.69 Å². The molecule has 4 amide bonds. The van der Waals surface area contributed by atoms with Crippen molar-refractivity contribution in [3.8, 4) is 0 Å². The van der Waals surface area contributed by atoms with E-state index >= 15 is 0 Å². The third-order valence-electron chi connectivity index (χ3n) is 7.34. The van der Waals surface area contributed by atoms with E-state index in [4.69, 9.17) is 11.6 Å². The molecule has 1 spiro atoms. The number of rotatable bonds is 2. The van der Waals surface area contributed by atoms with Gasteiger partial charge in [-0.3, -0.25) is 14.9 Å². The summed E-state index contributed by atoms with van der Waals surface area (Å²) in [7, 11) is 0. The van der Waals surface area contributed by atoms with Crippen LogP contribution in [0.25, 0.3) is 0 Å². The van der Waals surface area contributed by atoms with Crippen LogP contribution in [0.5, 0.6) is 0 Å². The van der Waals surface area contributed by atoms with E-state index in [9.17, 15) is 14.4 Å². The van der Waals surface area contributed by atoms with Gasteiger partial charge in [-0.2, -0.15) is 0 Å². The molecule has 176 valence electrons. The number of nitrogens with zero attached hydrogens (tertiary/aromatic N) is 3. The zero-order chi connectivity index (χ0) is 24.2.